The number of benzene rings is 1. The molecule has 0 aliphatic heterocycles. The van der Waals surface area contributed by atoms with E-state index in [1.54, 1.807) is 6.07 Å². The Morgan fingerprint density at radius 2 is 1.86 bits per heavy atom. The van der Waals surface area contributed by atoms with Gasteiger partial charge >= 0.3 is 0 Å². The van der Waals surface area contributed by atoms with E-state index in [1.807, 2.05) is 45.0 Å². The first kappa shape index (κ1) is 17.0. The average molecular weight is 291 g/mol. The van der Waals surface area contributed by atoms with Crippen LogP contribution in [0.5, 0.6) is 0 Å². The van der Waals surface area contributed by atoms with Crippen molar-refractivity contribution in [3.05, 3.63) is 23.8 Å². The molecule has 1 aromatic carbocycles. The van der Waals surface area contributed by atoms with E-state index in [0.717, 1.165) is 18.5 Å². The van der Waals surface area contributed by atoms with Crippen molar-refractivity contribution >= 4 is 23.2 Å². The predicted octanol–water partition coefficient (Wildman–Crippen LogP) is 2.63. The number of anilines is 2. The maximum absolute atomic E-state index is 12.2. The van der Waals surface area contributed by atoms with Crippen LogP contribution >= 0.6 is 0 Å². The van der Waals surface area contributed by atoms with Crippen LogP contribution in [-0.4, -0.2) is 32.5 Å². The summed E-state index contributed by atoms with van der Waals surface area (Å²) in [5, 5.41) is 5.69. The Hall–Kier alpha value is -2.04. The van der Waals surface area contributed by atoms with E-state index in [-0.39, 0.29) is 11.8 Å². The SMILES string of the molecule is CCCNC(=O)c1cc(NC(=O)CCC)ccc1N(C)C. The summed E-state index contributed by atoms with van der Waals surface area (Å²) in [5.41, 5.74) is 2.06. The van der Waals surface area contributed by atoms with Crippen molar-refractivity contribution in [1.82, 2.24) is 5.32 Å². The van der Waals surface area contributed by atoms with Gasteiger partial charge in [-0.15, -0.1) is 0 Å². The molecule has 0 fully saturated rings. The molecule has 0 unspecified atom stereocenters. The lowest BCUT2D eigenvalue weighted by atomic mass is 10.1. The molecule has 5 heteroatoms. The van der Waals surface area contributed by atoms with E-state index in [9.17, 15) is 9.59 Å². The number of nitrogens with one attached hydrogen (secondary N) is 2. The average Bonchev–Trinajstić information content (AvgIpc) is 2.44. The van der Waals surface area contributed by atoms with Gasteiger partial charge in [-0.3, -0.25) is 9.59 Å². The topological polar surface area (TPSA) is 61.4 Å². The van der Waals surface area contributed by atoms with E-state index < -0.39 is 0 Å². The highest BCUT2D eigenvalue weighted by Gasteiger charge is 2.14. The van der Waals surface area contributed by atoms with Gasteiger partial charge in [0.25, 0.3) is 5.91 Å². The van der Waals surface area contributed by atoms with Crippen molar-refractivity contribution in [3.63, 3.8) is 0 Å². The van der Waals surface area contributed by atoms with Crippen LogP contribution in [-0.2, 0) is 4.79 Å². The van der Waals surface area contributed by atoms with Crippen molar-refractivity contribution in [3.8, 4) is 0 Å². The maximum atomic E-state index is 12.2. The van der Waals surface area contributed by atoms with Gasteiger partial charge in [0.05, 0.1) is 5.56 Å². The Balaban J connectivity index is 3.00. The zero-order valence-corrected chi connectivity index (χ0v) is 13.3. The van der Waals surface area contributed by atoms with Crippen molar-refractivity contribution in [2.24, 2.45) is 0 Å². The highest BCUT2D eigenvalue weighted by molar-refractivity contribution is 6.02. The van der Waals surface area contributed by atoms with Crippen LogP contribution in [0.2, 0.25) is 0 Å². The predicted molar refractivity (Wildman–Crippen MR) is 86.9 cm³/mol. The van der Waals surface area contributed by atoms with E-state index in [2.05, 4.69) is 10.6 Å². The quantitative estimate of drug-likeness (QED) is 0.812. The summed E-state index contributed by atoms with van der Waals surface area (Å²) in [5.74, 6) is -0.151. The molecule has 0 spiro atoms. The second-order valence-corrected chi connectivity index (χ2v) is 5.18. The number of hydrogen-bond acceptors (Lipinski definition) is 3. The second kappa shape index (κ2) is 8.29. The third-order valence-corrected chi connectivity index (χ3v) is 3.02. The first-order chi connectivity index (χ1) is 9.99. The monoisotopic (exact) mass is 291 g/mol. The fourth-order valence-corrected chi connectivity index (χ4v) is 1.97. The maximum Gasteiger partial charge on any atom is 0.253 e. The summed E-state index contributed by atoms with van der Waals surface area (Å²) in [6.07, 6.45) is 2.16. The van der Waals surface area contributed by atoms with E-state index in [0.29, 0.717) is 24.2 Å². The van der Waals surface area contributed by atoms with Crippen molar-refractivity contribution in [2.45, 2.75) is 33.1 Å². The standard InChI is InChI=1S/C16H25N3O2/c1-5-7-15(20)18-12-8-9-14(19(3)4)13(11-12)16(21)17-10-6-2/h8-9,11H,5-7,10H2,1-4H3,(H,17,21)(H,18,20). The lowest BCUT2D eigenvalue weighted by Gasteiger charge is -2.18. The molecule has 0 atom stereocenters. The van der Waals surface area contributed by atoms with Crippen molar-refractivity contribution in [1.29, 1.82) is 0 Å². The zero-order chi connectivity index (χ0) is 15.8. The van der Waals surface area contributed by atoms with Crippen LogP contribution < -0.4 is 15.5 Å². The molecular formula is C16H25N3O2. The van der Waals surface area contributed by atoms with Gasteiger partial charge in [-0.2, -0.15) is 0 Å². The minimum absolute atomic E-state index is 0.0324. The Morgan fingerprint density at radius 1 is 1.14 bits per heavy atom. The number of rotatable bonds is 7. The molecule has 2 amide bonds. The third-order valence-electron chi connectivity index (χ3n) is 3.02. The molecule has 116 valence electrons. The fourth-order valence-electron chi connectivity index (χ4n) is 1.97. The fraction of sp³-hybridized carbons (Fsp3) is 0.500. The first-order valence-electron chi connectivity index (χ1n) is 7.39. The van der Waals surface area contributed by atoms with Gasteiger partial charge in [0.2, 0.25) is 5.91 Å². The second-order valence-electron chi connectivity index (χ2n) is 5.18. The van der Waals surface area contributed by atoms with Gasteiger partial charge in [-0.25, -0.2) is 0 Å². The summed E-state index contributed by atoms with van der Waals surface area (Å²) < 4.78 is 0. The van der Waals surface area contributed by atoms with Crippen LogP contribution in [0.15, 0.2) is 18.2 Å². The molecule has 0 saturated carbocycles. The van der Waals surface area contributed by atoms with Gasteiger partial charge in [0, 0.05) is 38.4 Å². The molecule has 0 bridgehead atoms. The van der Waals surface area contributed by atoms with Gasteiger partial charge < -0.3 is 15.5 Å². The molecule has 0 heterocycles. The molecule has 0 aliphatic carbocycles. The van der Waals surface area contributed by atoms with E-state index in [4.69, 9.17) is 0 Å². The molecule has 0 saturated heterocycles. The van der Waals surface area contributed by atoms with E-state index >= 15 is 0 Å². The van der Waals surface area contributed by atoms with Crippen LogP contribution in [0.1, 0.15) is 43.5 Å². The lowest BCUT2D eigenvalue weighted by molar-refractivity contribution is -0.116. The number of carbonyl (C=O) groups excluding carboxylic acids is 2. The summed E-state index contributed by atoms with van der Waals surface area (Å²) in [7, 11) is 3.78. The Labute approximate surface area is 126 Å². The van der Waals surface area contributed by atoms with Crippen LogP contribution in [0.25, 0.3) is 0 Å². The number of nitrogens with zero attached hydrogens (tertiary/aromatic N) is 1. The molecule has 5 nitrogen and oxygen atoms in total. The third kappa shape index (κ3) is 5.10. The molecular weight excluding hydrogens is 266 g/mol. The van der Waals surface area contributed by atoms with Gasteiger partial charge in [0.1, 0.15) is 0 Å². The summed E-state index contributed by atoms with van der Waals surface area (Å²) in [6.45, 7) is 4.60. The summed E-state index contributed by atoms with van der Waals surface area (Å²) in [6, 6.07) is 5.40. The minimum atomic E-state index is -0.118. The smallest absolute Gasteiger partial charge is 0.253 e. The molecule has 0 radical (unpaired) electrons. The summed E-state index contributed by atoms with van der Waals surface area (Å²) in [4.78, 5) is 25.8. The molecule has 1 aromatic rings. The number of carbonyl (C=O) groups is 2. The molecule has 0 aliphatic rings. The minimum Gasteiger partial charge on any atom is -0.377 e. The van der Waals surface area contributed by atoms with Crippen molar-refractivity contribution < 1.29 is 9.59 Å². The number of hydrogen-bond donors (Lipinski definition) is 2. The van der Waals surface area contributed by atoms with Gasteiger partial charge in [0.15, 0.2) is 0 Å². The molecule has 0 aromatic heterocycles. The summed E-state index contributed by atoms with van der Waals surface area (Å²) >= 11 is 0. The van der Waals surface area contributed by atoms with Crippen LogP contribution in [0, 0.1) is 0 Å². The Bertz CT molecular complexity index is 498. The van der Waals surface area contributed by atoms with Crippen molar-refractivity contribution in [2.75, 3.05) is 30.9 Å². The first-order valence-corrected chi connectivity index (χ1v) is 7.39. The molecule has 21 heavy (non-hydrogen) atoms. The number of amides is 2. The normalized spacial score (nSPS) is 10.1. The van der Waals surface area contributed by atoms with Crippen LogP contribution in [0.3, 0.4) is 0 Å². The molecule has 2 N–H and O–H groups in total. The van der Waals surface area contributed by atoms with Crippen LogP contribution in [0.4, 0.5) is 11.4 Å². The van der Waals surface area contributed by atoms with E-state index in [1.165, 1.54) is 0 Å². The highest BCUT2D eigenvalue weighted by atomic mass is 16.2. The highest BCUT2D eigenvalue weighted by Crippen LogP contribution is 2.23. The van der Waals surface area contributed by atoms with Gasteiger partial charge in [-0.1, -0.05) is 13.8 Å². The lowest BCUT2D eigenvalue weighted by Crippen LogP contribution is -2.26. The Kier molecular flexibility index (Phi) is 6.72. The zero-order valence-electron chi connectivity index (χ0n) is 13.3. The Morgan fingerprint density at radius 3 is 2.43 bits per heavy atom. The largest absolute Gasteiger partial charge is 0.377 e. The molecule has 1 rings (SSSR count). The van der Waals surface area contributed by atoms with Gasteiger partial charge in [-0.05, 0) is 31.0 Å².